The number of ether oxygens (including phenoxy) is 1. The number of halogens is 5. The number of benzene rings is 4. The van der Waals surface area contributed by atoms with Gasteiger partial charge in [0, 0.05) is 76.7 Å². The van der Waals surface area contributed by atoms with Crippen LogP contribution in [0, 0.1) is 0 Å². The lowest BCUT2D eigenvalue weighted by Gasteiger charge is -2.35. The number of amides is 1. The van der Waals surface area contributed by atoms with Crippen molar-refractivity contribution in [2.45, 2.75) is 17.8 Å². The van der Waals surface area contributed by atoms with E-state index in [-0.39, 0.29) is 21.7 Å². The summed E-state index contributed by atoms with van der Waals surface area (Å²) in [5, 5.41) is 1.76. The summed E-state index contributed by atoms with van der Waals surface area (Å²) in [5.74, 6) is -1.42. The van der Waals surface area contributed by atoms with Gasteiger partial charge < -0.3 is 15.4 Å². The number of nitrogen functional groups attached to an aromatic ring is 1. The zero-order valence-corrected chi connectivity index (χ0v) is 27.9. The summed E-state index contributed by atoms with van der Waals surface area (Å²) >= 11 is 12.2. The number of piperazine rings is 1. The van der Waals surface area contributed by atoms with Crippen LogP contribution in [0.1, 0.15) is 15.9 Å². The van der Waals surface area contributed by atoms with Gasteiger partial charge in [0.15, 0.2) is 5.75 Å². The highest BCUT2D eigenvalue weighted by Gasteiger charge is 2.34. The number of carbonyl (C=O) groups is 1. The van der Waals surface area contributed by atoms with E-state index in [4.69, 9.17) is 28.9 Å². The molecule has 1 saturated heterocycles. The molecular weight excluding hydrogens is 702 g/mol. The Bertz CT molecular complexity index is 2130. The normalized spacial score (nSPS) is 14.2. The minimum atomic E-state index is -5.18. The molecule has 254 valence electrons. The van der Waals surface area contributed by atoms with Crippen LogP contribution in [-0.2, 0) is 16.6 Å². The van der Waals surface area contributed by atoms with E-state index in [1.54, 1.807) is 42.6 Å². The van der Waals surface area contributed by atoms with Crippen molar-refractivity contribution in [3.63, 3.8) is 0 Å². The summed E-state index contributed by atoms with van der Waals surface area (Å²) in [4.78, 5) is 21.2. The summed E-state index contributed by atoms with van der Waals surface area (Å²) < 4.78 is 74.8. The quantitative estimate of drug-likeness (QED) is 0.159. The number of rotatable bonds is 8. The largest absolute Gasteiger partial charge is 0.573 e. The van der Waals surface area contributed by atoms with Gasteiger partial charge in [-0.25, -0.2) is 8.42 Å². The number of pyridine rings is 1. The van der Waals surface area contributed by atoms with Gasteiger partial charge in [0.05, 0.1) is 16.1 Å². The Balaban J connectivity index is 1.25. The van der Waals surface area contributed by atoms with Gasteiger partial charge in [-0.2, -0.15) is 0 Å². The van der Waals surface area contributed by atoms with E-state index in [1.807, 2.05) is 12.1 Å². The van der Waals surface area contributed by atoms with Crippen molar-refractivity contribution in [1.82, 2.24) is 14.8 Å². The Morgan fingerprint density at radius 1 is 0.898 bits per heavy atom. The molecule has 1 aliphatic heterocycles. The standard InChI is InChI=1S/C34H28Cl2F3N5O4S/c35-24-15-21(16-25(36)18-24)20-43-11-13-44(14-12-43)33(45)23-6-8-29(30(17-23)48-34(37,38)39)42-49(46,47)31-9-7-26(40)19-28(31)27-5-1-3-22-4-2-10-41-32(22)27/h1-10,15-19,42H,11-14,20,40H2. The van der Waals surface area contributed by atoms with Crippen molar-refractivity contribution in [2.24, 2.45) is 0 Å². The average Bonchev–Trinajstić information content (AvgIpc) is 3.04. The number of nitrogens with one attached hydrogen (secondary N) is 1. The number of hydrogen-bond acceptors (Lipinski definition) is 7. The number of nitrogens with zero attached hydrogens (tertiary/aromatic N) is 3. The van der Waals surface area contributed by atoms with Crippen molar-refractivity contribution in [3.8, 4) is 16.9 Å². The summed E-state index contributed by atoms with van der Waals surface area (Å²) in [6.45, 7) is 2.15. The van der Waals surface area contributed by atoms with Crippen molar-refractivity contribution in [1.29, 1.82) is 0 Å². The fraction of sp³-hybridized carbons (Fsp3) is 0.176. The van der Waals surface area contributed by atoms with Gasteiger partial charge in [-0.3, -0.25) is 19.4 Å². The Morgan fingerprint density at radius 2 is 1.61 bits per heavy atom. The molecule has 15 heteroatoms. The zero-order valence-electron chi connectivity index (χ0n) is 25.5. The van der Waals surface area contributed by atoms with E-state index < -0.39 is 33.7 Å². The van der Waals surface area contributed by atoms with E-state index in [0.29, 0.717) is 53.8 Å². The number of nitrogens with two attached hydrogens (primary N) is 1. The number of alkyl halides is 3. The fourth-order valence-corrected chi connectivity index (χ4v) is 7.56. The van der Waals surface area contributed by atoms with Crippen LogP contribution in [0.4, 0.5) is 24.5 Å². The third-order valence-corrected chi connectivity index (χ3v) is 9.76. The Morgan fingerprint density at radius 3 is 2.33 bits per heavy atom. The van der Waals surface area contributed by atoms with Crippen LogP contribution >= 0.6 is 23.2 Å². The summed E-state index contributed by atoms with van der Waals surface area (Å²) in [6, 6.07) is 21.3. The Kier molecular flexibility index (Phi) is 9.63. The number of sulfonamides is 1. The SMILES string of the molecule is Nc1ccc(S(=O)(=O)Nc2ccc(C(=O)N3CCN(Cc4cc(Cl)cc(Cl)c4)CC3)cc2OC(F)(F)F)c(-c2cccc3cccnc23)c1. The predicted octanol–water partition coefficient (Wildman–Crippen LogP) is 7.45. The van der Waals surface area contributed by atoms with Crippen LogP contribution in [0.2, 0.25) is 10.0 Å². The number of carbonyl (C=O) groups excluding carboxylic acids is 1. The van der Waals surface area contributed by atoms with Crippen LogP contribution < -0.4 is 15.2 Å². The van der Waals surface area contributed by atoms with Gasteiger partial charge >= 0.3 is 6.36 Å². The predicted molar refractivity (Wildman–Crippen MR) is 183 cm³/mol. The molecule has 0 atom stereocenters. The van der Waals surface area contributed by atoms with Gasteiger partial charge in [-0.1, -0.05) is 47.5 Å². The lowest BCUT2D eigenvalue weighted by Crippen LogP contribution is -2.48. The van der Waals surface area contributed by atoms with E-state index in [1.165, 1.54) is 29.2 Å². The first-order chi connectivity index (χ1) is 23.3. The second-order valence-electron chi connectivity index (χ2n) is 11.3. The maximum Gasteiger partial charge on any atom is 0.573 e. The number of aromatic nitrogens is 1. The van der Waals surface area contributed by atoms with Gasteiger partial charge in [-0.15, -0.1) is 13.2 Å². The number of para-hydroxylation sites is 1. The lowest BCUT2D eigenvalue weighted by atomic mass is 10.0. The topological polar surface area (TPSA) is 118 Å². The molecule has 4 aromatic carbocycles. The molecule has 0 radical (unpaired) electrons. The highest BCUT2D eigenvalue weighted by molar-refractivity contribution is 7.92. The zero-order chi connectivity index (χ0) is 34.9. The molecule has 0 spiro atoms. The smallest absolute Gasteiger partial charge is 0.404 e. The molecule has 3 N–H and O–H groups in total. The Hall–Kier alpha value is -4.56. The summed E-state index contributed by atoms with van der Waals surface area (Å²) in [7, 11) is -4.54. The van der Waals surface area contributed by atoms with Crippen molar-refractivity contribution >= 4 is 61.4 Å². The maximum absolute atomic E-state index is 13.8. The minimum absolute atomic E-state index is 0.104. The second kappa shape index (κ2) is 13.7. The molecule has 49 heavy (non-hydrogen) atoms. The lowest BCUT2D eigenvalue weighted by molar-refractivity contribution is -0.274. The molecule has 0 aliphatic carbocycles. The van der Waals surface area contributed by atoms with Gasteiger partial charge in [-0.05, 0) is 66.2 Å². The molecule has 9 nitrogen and oxygen atoms in total. The van der Waals surface area contributed by atoms with Crippen molar-refractivity contribution < 1.29 is 31.1 Å². The monoisotopic (exact) mass is 729 g/mol. The first-order valence-corrected chi connectivity index (χ1v) is 17.1. The highest BCUT2D eigenvalue weighted by Crippen LogP contribution is 2.37. The minimum Gasteiger partial charge on any atom is -0.404 e. The Labute approximate surface area is 290 Å². The maximum atomic E-state index is 13.8. The molecule has 6 rings (SSSR count). The van der Waals surface area contributed by atoms with Crippen LogP contribution in [0.3, 0.4) is 0 Å². The molecule has 0 saturated carbocycles. The van der Waals surface area contributed by atoms with Crippen molar-refractivity contribution in [2.75, 3.05) is 36.6 Å². The molecular formula is C34H28Cl2F3N5O4S. The third kappa shape index (κ3) is 8.02. The van der Waals surface area contributed by atoms with E-state index >= 15 is 0 Å². The van der Waals surface area contributed by atoms with Crippen LogP contribution in [0.25, 0.3) is 22.0 Å². The first kappa shape index (κ1) is 34.3. The molecule has 0 bridgehead atoms. The highest BCUT2D eigenvalue weighted by atomic mass is 35.5. The van der Waals surface area contributed by atoms with Crippen LogP contribution in [-0.4, -0.2) is 61.7 Å². The molecule has 0 unspecified atom stereocenters. The van der Waals surface area contributed by atoms with Gasteiger partial charge in [0.1, 0.15) is 0 Å². The fourth-order valence-electron chi connectivity index (χ4n) is 5.71. The van der Waals surface area contributed by atoms with Gasteiger partial charge in [0.2, 0.25) is 0 Å². The van der Waals surface area contributed by atoms with Gasteiger partial charge in [0.25, 0.3) is 15.9 Å². The summed E-state index contributed by atoms with van der Waals surface area (Å²) in [6.07, 6.45) is -3.62. The van der Waals surface area contributed by atoms with E-state index in [2.05, 4.69) is 19.3 Å². The molecule has 1 fully saturated rings. The molecule has 1 amide bonds. The molecule has 5 aromatic rings. The first-order valence-electron chi connectivity index (χ1n) is 14.9. The molecule has 1 aromatic heterocycles. The third-order valence-electron chi connectivity index (χ3n) is 7.90. The average molecular weight is 731 g/mol. The molecule has 1 aliphatic rings. The van der Waals surface area contributed by atoms with E-state index in [9.17, 15) is 26.4 Å². The summed E-state index contributed by atoms with van der Waals surface area (Å²) in [5.41, 5.74) is 7.73. The number of hydrogen-bond donors (Lipinski definition) is 2. The van der Waals surface area contributed by atoms with Crippen LogP contribution in [0.15, 0.2) is 96.0 Å². The molecule has 2 heterocycles. The second-order valence-corrected chi connectivity index (χ2v) is 13.9. The van der Waals surface area contributed by atoms with Crippen LogP contribution in [0.5, 0.6) is 5.75 Å². The number of anilines is 2. The van der Waals surface area contributed by atoms with E-state index in [0.717, 1.165) is 23.1 Å². The number of fused-ring (bicyclic) bond motifs is 1. The van der Waals surface area contributed by atoms with Crippen molar-refractivity contribution in [3.05, 3.63) is 112 Å².